The minimum absolute atomic E-state index is 0.0538. The van der Waals surface area contributed by atoms with Crippen LogP contribution in [0.5, 0.6) is 0 Å². The second-order valence-electron chi connectivity index (χ2n) is 6.73. The Hall–Kier alpha value is -1.47. The van der Waals surface area contributed by atoms with Crippen molar-refractivity contribution in [2.24, 2.45) is 5.92 Å². The van der Waals surface area contributed by atoms with E-state index in [4.69, 9.17) is 0 Å². The maximum absolute atomic E-state index is 12.4. The van der Waals surface area contributed by atoms with Gasteiger partial charge in [-0.1, -0.05) is 19.9 Å². The molecule has 2 aliphatic rings. The molecule has 0 N–H and O–H groups in total. The van der Waals surface area contributed by atoms with Gasteiger partial charge in [0.2, 0.25) is 5.91 Å². The van der Waals surface area contributed by atoms with E-state index < -0.39 is 9.84 Å². The Labute approximate surface area is 137 Å². The van der Waals surface area contributed by atoms with Gasteiger partial charge in [-0.25, -0.2) is 8.42 Å². The molecule has 1 aromatic rings. The number of sulfone groups is 1. The average Bonchev–Trinajstić information content (AvgIpc) is 2.83. The van der Waals surface area contributed by atoms with Crippen molar-refractivity contribution in [1.29, 1.82) is 0 Å². The third kappa shape index (κ3) is 3.40. The van der Waals surface area contributed by atoms with E-state index in [9.17, 15) is 13.2 Å². The first-order valence-corrected chi connectivity index (χ1v) is 9.83. The van der Waals surface area contributed by atoms with Crippen LogP contribution in [0.1, 0.15) is 19.4 Å². The third-order valence-electron chi connectivity index (χ3n) is 4.68. The number of carbonyl (C=O) groups excluding carboxylic acids is 1. The fourth-order valence-electron chi connectivity index (χ4n) is 3.55. The Balaban J connectivity index is 1.82. The summed E-state index contributed by atoms with van der Waals surface area (Å²) >= 11 is 0. The van der Waals surface area contributed by atoms with E-state index in [2.05, 4.69) is 9.88 Å². The molecule has 0 aliphatic carbocycles. The monoisotopic (exact) mass is 337 g/mol. The van der Waals surface area contributed by atoms with Crippen molar-refractivity contribution in [2.75, 3.05) is 24.6 Å². The lowest BCUT2D eigenvalue weighted by Crippen LogP contribution is -2.60. The molecular weight excluding hydrogens is 314 g/mol. The number of hydrogen-bond acceptors (Lipinski definition) is 5. The van der Waals surface area contributed by atoms with Crippen LogP contribution < -0.4 is 0 Å². The number of pyridine rings is 1. The van der Waals surface area contributed by atoms with Gasteiger partial charge >= 0.3 is 0 Å². The number of rotatable bonds is 3. The Bertz CT molecular complexity index is 675. The van der Waals surface area contributed by atoms with Crippen molar-refractivity contribution >= 4 is 15.7 Å². The first-order valence-electron chi connectivity index (χ1n) is 8.01. The molecule has 2 atom stereocenters. The topological polar surface area (TPSA) is 70.6 Å². The van der Waals surface area contributed by atoms with Gasteiger partial charge in [-0.2, -0.15) is 0 Å². The van der Waals surface area contributed by atoms with E-state index in [0.29, 0.717) is 19.6 Å². The van der Waals surface area contributed by atoms with Crippen LogP contribution in [0.3, 0.4) is 0 Å². The molecule has 0 spiro atoms. The molecule has 3 heterocycles. The molecule has 0 aromatic carbocycles. The van der Waals surface area contributed by atoms with Crippen molar-refractivity contribution < 1.29 is 13.2 Å². The van der Waals surface area contributed by atoms with Gasteiger partial charge in [-0.15, -0.1) is 0 Å². The number of nitrogens with zero attached hydrogens (tertiary/aromatic N) is 3. The van der Waals surface area contributed by atoms with Crippen LogP contribution in [0, 0.1) is 5.92 Å². The number of piperazine rings is 1. The third-order valence-corrected chi connectivity index (χ3v) is 6.38. The minimum Gasteiger partial charge on any atom is -0.336 e. The first kappa shape index (κ1) is 16.4. The summed E-state index contributed by atoms with van der Waals surface area (Å²) in [6.45, 7) is 5.69. The predicted molar refractivity (Wildman–Crippen MR) is 87.4 cm³/mol. The SMILES string of the molecule is CC(C)C(=O)N1CCN(Cc2cccnc2)C2CS(=O)(=O)CC21. The molecule has 2 fully saturated rings. The highest BCUT2D eigenvalue weighted by Gasteiger charge is 2.48. The largest absolute Gasteiger partial charge is 0.336 e. The molecule has 7 heteroatoms. The van der Waals surface area contributed by atoms with Crippen LogP contribution in [0.4, 0.5) is 0 Å². The summed E-state index contributed by atoms with van der Waals surface area (Å²) in [6, 6.07) is 3.55. The van der Waals surface area contributed by atoms with Gasteiger partial charge in [0.15, 0.2) is 9.84 Å². The lowest BCUT2D eigenvalue weighted by molar-refractivity contribution is -0.140. The summed E-state index contributed by atoms with van der Waals surface area (Å²) in [4.78, 5) is 20.5. The quantitative estimate of drug-likeness (QED) is 0.805. The fraction of sp³-hybridized carbons (Fsp3) is 0.625. The summed E-state index contributed by atoms with van der Waals surface area (Å²) in [5.74, 6) is 0.168. The first-order chi connectivity index (χ1) is 10.9. The smallest absolute Gasteiger partial charge is 0.225 e. The molecular formula is C16H23N3O3S. The maximum atomic E-state index is 12.4. The Morgan fingerprint density at radius 2 is 2.04 bits per heavy atom. The van der Waals surface area contributed by atoms with Gasteiger partial charge < -0.3 is 4.90 Å². The summed E-state index contributed by atoms with van der Waals surface area (Å²) in [5, 5.41) is 0. The fourth-order valence-corrected chi connectivity index (χ4v) is 5.56. The summed E-state index contributed by atoms with van der Waals surface area (Å²) in [6.07, 6.45) is 3.54. The van der Waals surface area contributed by atoms with Crippen LogP contribution in [0.15, 0.2) is 24.5 Å². The highest BCUT2D eigenvalue weighted by Crippen LogP contribution is 2.29. The normalized spacial score (nSPS) is 27.2. The zero-order chi connectivity index (χ0) is 16.6. The molecule has 2 unspecified atom stereocenters. The van der Waals surface area contributed by atoms with Crippen molar-refractivity contribution in [1.82, 2.24) is 14.8 Å². The molecule has 6 nitrogen and oxygen atoms in total. The van der Waals surface area contributed by atoms with Gasteiger partial charge in [0, 0.05) is 44.0 Å². The lowest BCUT2D eigenvalue weighted by Gasteiger charge is -2.44. The molecule has 2 saturated heterocycles. The average molecular weight is 337 g/mol. The van der Waals surface area contributed by atoms with E-state index in [-0.39, 0.29) is 35.4 Å². The summed E-state index contributed by atoms with van der Waals surface area (Å²) in [7, 11) is -3.10. The van der Waals surface area contributed by atoms with Crippen LogP contribution in [-0.2, 0) is 21.2 Å². The lowest BCUT2D eigenvalue weighted by atomic mass is 10.0. The molecule has 1 amide bonds. The molecule has 23 heavy (non-hydrogen) atoms. The highest BCUT2D eigenvalue weighted by atomic mass is 32.2. The van der Waals surface area contributed by atoms with Gasteiger partial charge in [0.1, 0.15) is 0 Å². The zero-order valence-corrected chi connectivity index (χ0v) is 14.4. The molecule has 126 valence electrons. The Morgan fingerprint density at radius 1 is 1.30 bits per heavy atom. The highest BCUT2D eigenvalue weighted by molar-refractivity contribution is 7.91. The predicted octanol–water partition coefficient (Wildman–Crippen LogP) is 0.547. The Kier molecular flexibility index (Phi) is 4.42. The van der Waals surface area contributed by atoms with Crippen molar-refractivity contribution in [3.05, 3.63) is 30.1 Å². The molecule has 1 aromatic heterocycles. The Morgan fingerprint density at radius 3 is 2.70 bits per heavy atom. The maximum Gasteiger partial charge on any atom is 0.225 e. The number of amides is 1. The van der Waals surface area contributed by atoms with E-state index >= 15 is 0 Å². The van der Waals surface area contributed by atoms with Crippen LogP contribution >= 0.6 is 0 Å². The van der Waals surface area contributed by atoms with Crippen LogP contribution in [0.25, 0.3) is 0 Å². The van der Waals surface area contributed by atoms with Gasteiger partial charge in [-0.05, 0) is 11.6 Å². The molecule has 2 aliphatic heterocycles. The van der Waals surface area contributed by atoms with Crippen LogP contribution in [-0.4, -0.2) is 65.8 Å². The second kappa shape index (κ2) is 6.20. The van der Waals surface area contributed by atoms with Gasteiger partial charge in [0.05, 0.1) is 17.5 Å². The minimum atomic E-state index is -3.10. The van der Waals surface area contributed by atoms with E-state index in [0.717, 1.165) is 5.56 Å². The van der Waals surface area contributed by atoms with Gasteiger partial charge in [-0.3, -0.25) is 14.7 Å². The number of aromatic nitrogens is 1. The van der Waals surface area contributed by atoms with Gasteiger partial charge in [0.25, 0.3) is 0 Å². The summed E-state index contributed by atoms with van der Waals surface area (Å²) in [5.41, 5.74) is 1.07. The van der Waals surface area contributed by atoms with E-state index in [1.54, 1.807) is 11.1 Å². The number of hydrogen-bond donors (Lipinski definition) is 0. The van der Waals surface area contributed by atoms with E-state index in [1.165, 1.54) is 0 Å². The van der Waals surface area contributed by atoms with Crippen molar-refractivity contribution in [3.63, 3.8) is 0 Å². The van der Waals surface area contributed by atoms with Crippen LogP contribution in [0.2, 0.25) is 0 Å². The zero-order valence-electron chi connectivity index (χ0n) is 13.6. The molecule has 0 bridgehead atoms. The molecule has 0 radical (unpaired) electrons. The standard InChI is InChI=1S/C16H23N3O3S/c1-12(2)16(20)19-7-6-18(9-13-4-3-5-17-8-13)14-10-23(21,22)11-15(14)19/h3-5,8,12,14-15H,6-7,9-11H2,1-2H3. The molecule has 0 saturated carbocycles. The summed E-state index contributed by atoms with van der Waals surface area (Å²) < 4.78 is 24.3. The van der Waals surface area contributed by atoms with Crippen molar-refractivity contribution in [2.45, 2.75) is 32.5 Å². The van der Waals surface area contributed by atoms with Crippen molar-refractivity contribution in [3.8, 4) is 0 Å². The second-order valence-corrected chi connectivity index (χ2v) is 8.88. The number of fused-ring (bicyclic) bond motifs is 1. The van der Waals surface area contributed by atoms with E-state index in [1.807, 2.05) is 32.2 Å². The number of carbonyl (C=O) groups is 1. The molecule has 3 rings (SSSR count).